The lowest BCUT2D eigenvalue weighted by molar-refractivity contribution is 0.0783. The maximum Gasteiger partial charge on any atom is 0.255 e. The van der Waals surface area contributed by atoms with Crippen LogP contribution < -0.4 is 16.0 Å². The number of nitrogens with two attached hydrogens (primary N) is 1. The van der Waals surface area contributed by atoms with Crippen molar-refractivity contribution in [2.24, 2.45) is 0 Å². The van der Waals surface area contributed by atoms with Crippen molar-refractivity contribution in [3.8, 4) is 22.3 Å². The van der Waals surface area contributed by atoms with Crippen LogP contribution in [0.4, 0.5) is 15.9 Å². The van der Waals surface area contributed by atoms with Gasteiger partial charge in [0.15, 0.2) is 0 Å². The highest BCUT2D eigenvalue weighted by molar-refractivity contribution is 6.33. The average Bonchev–Trinajstić information content (AvgIpc) is 3.50. The number of anilines is 2. The van der Waals surface area contributed by atoms with Gasteiger partial charge in [0, 0.05) is 60.8 Å². The number of halogens is 2. The predicted octanol–water partition coefficient (Wildman–Crippen LogP) is 5.27. The van der Waals surface area contributed by atoms with Crippen LogP contribution in [0.3, 0.4) is 0 Å². The summed E-state index contributed by atoms with van der Waals surface area (Å²) in [4.78, 5) is 34.7. The molecule has 2 saturated heterocycles. The Balaban J connectivity index is 1.08. The summed E-state index contributed by atoms with van der Waals surface area (Å²) in [5.74, 6) is -0.704. The third kappa shape index (κ3) is 6.33. The number of nitrogen functional groups attached to an aromatic ring is 1. The summed E-state index contributed by atoms with van der Waals surface area (Å²) in [7, 11) is 0. The number of pyridine rings is 1. The van der Waals surface area contributed by atoms with E-state index in [9.17, 15) is 14.0 Å². The van der Waals surface area contributed by atoms with Crippen LogP contribution in [0.5, 0.6) is 0 Å². The number of aromatic nitrogens is 1. The molecule has 4 aromatic rings. The molecule has 2 amide bonds. The molecule has 1 atom stereocenters. The number of amides is 2. The normalized spacial score (nSPS) is 16.7. The Morgan fingerprint density at radius 2 is 1.65 bits per heavy atom. The molecular weight excluding hydrogens is 569 g/mol. The first-order chi connectivity index (χ1) is 20.9. The van der Waals surface area contributed by atoms with Crippen LogP contribution >= 0.6 is 11.6 Å². The number of benzene rings is 3. The third-order valence-electron chi connectivity index (χ3n) is 7.92. The summed E-state index contributed by atoms with van der Waals surface area (Å²) in [6.07, 6.45) is 2.29. The van der Waals surface area contributed by atoms with Crippen molar-refractivity contribution in [2.75, 3.05) is 50.0 Å². The van der Waals surface area contributed by atoms with E-state index in [0.717, 1.165) is 48.7 Å². The number of likely N-dealkylation sites (tertiary alicyclic amines) is 1. The molecule has 3 heterocycles. The van der Waals surface area contributed by atoms with E-state index in [-0.39, 0.29) is 23.7 Å². The van der Waals surface area contributed by atoms with Crippen LogP contribution in [0.15, 0.2) is 79.0 Å². The number of carbonyl (C=O) groups excluding carboxylic acids is 2. The van der Waals surface area contributed by atoms with Gasteiger partial charge in [-0.1, -0.05) is 35.9 Å². The molecule has 0 aliphatic carbocycles. The van der Waals surface area contributed by atoms with Crippen molar-refractivity contribution < 1.29 is 18.7 Å². The highest BCUT2D eigenvalue weighted by Crippen LogP contribution is 2.29. The standard InChI is InChI=1S/C33H31ClFN5O3/c34-30-18-25(35)7-10-28(30)22-1-3-23(4-2-22)33(42)40-12-11-26(20-40)38-32(41)29-17-24(19-37-31(29)36)21-5-8-27(9-6-21)39-13-15-43-16-14-39/h1-10,17-19,26H,11-16,20H2,(H2,36,37)(H,38,41)/t26-/m1/s1. The first-order valence-electron chi connectivity index (χ1n) is 14.2. The fraction of sp³-hybridized carbons (Fsp3) is 0.242. The van der Waals surface area contributed by atoms with E-state index >= 15 is 0 Å². The van der Waals surface area contributed by atoms with E-state index in [1.165, 1.54) is 12.1 Å². The summed E-state index contributed by atoms with van der Waals surface area (Å²) in [5, 5.41) is 3.33. The Labute approximate surface area is 254 Å². The molecule has 10 heteroatoms. The number of nitrogens with zero attached hydrogens (tertiary/aromatic N) is 3. The van der Waals surface area contributed by atoms with Crippen molar-refractivity contribution >= 4 is 34.9 Å². The van der Waals surface area contributed by atoms with Gasteiger partial charge >= 0.3 is 0 Å². The largest absolute Gasteiger partial charge is 0.383 e. The Morgan fingerprint density at radius 3 is 2.37 bits per heavy atom. The SMILES string of the molecule is Nc1ncc(-c2ccc(N3CCOCC3)cc2)cc1C(=O)N[C@@H]1CCN(C(=O)c2ccc(-c3ccc(F)cc3Cl)cc2)C1. The minimum absolute atomic E-state index is 0.128. The van der Waals surface area contributed by atoms with Gasteiger partial charge in [0.1, 0.15) is 11.6 Å². The summed E-state index contributed by atoms with van der Waals surface area (Å²) in [6.45, 7) is 4.05. The Hall–Kier alpha value is -4.47. The predicted molar refractivity (Wildman–Crippen MR) is 166 cm³/mol. The minimum Gasteiger partial charge on any atom is -0.383 e. The Morgan fingerprint density at radius 1 is 0.930 bits per heavy atom. The lowest BCUT2D eigenvalue weighted by Gasteiger charge is -2.28. The number of hydrogen-bond acceptors (Lipinski definition) is 6. The molecule has 0 spiro atoms. The lowest BCUT2D eigenvalue weighted by atomic mass is 10.0. The molecule has 2 aliphatic heterocycles. The molecule has 0 unspecified atom stereocenters. The molecule has 2 fully saturated rings. The first-order valence-corrected chi connectivity index (χ1v) is 14.6. The van der Waals surface area contributed by atoms with Crippen molar-refractivity contribution in [3.05, 3.63) is 101 Å². The molecule has 43 heavy (non-hydrogen) atoms. The average molecular weight is 600 g/mol. The Kier molecular flexibility index (Phi) is 8.26. The summed E-state index contributed by atoms with van der Waals surface area (Å²) in [6, 6.07) is 21.0. The molecule has 3 aromatic carbocycles. The number of nitrogens with one attached hydrogen (secondary N) is 1. The molecule has 3 N–H and O–H groups in total. The summed E-state index contributed by atoms with van der Waals surface area (Å²) < 4.78 is 18.9. The summed E-state index contributed by atoms with van der Waals surface area (Å²) in [5.41, 5.74) is 11.3. The summed E-state index contributed by atoms with van der Waals surface area (Å²) >= 11 is 6.19. The van der Waals surface area contributed by atoms with Gasteiger partial charge in [0.05, 0.1) is 23.8 Å². The molecule has 0 radical (unpaired) electrons. The van der Waals surface area contributed by atoms with Gasteiger partial charge in [0.25, 0.3) is 11.8 Å². The van der Waals surface area contributed by atoms with Crippen LogP contribution in [0, 0.1) is 5.82 Å². The van der Waals surface area contributed by atoms with Crippen LogP contribution in [-0.4, -0.2) is 67.1 Å². The number of ether oxygens (including phenoxy) is 1. The molecular formula is C33H31ClFN5O3. The highest BCUT2D eigenvalue weighted by atomic mass is 35.5. The van der Waals surface area contributed by atoms with Gasteiger partial charge in [-0.3, -0.25) is 9.59 Å². The quantitative estimate of drug-likeness (QED) is 0.313. The van der Waals surface area contributed by atoms with Gasteiger partial charge in [0.2, 0.25) is 0 Å². The highest BCUT2D eigenvalue weighted by Gasteiger charge is 2.29. The molecule has 220 valence electrons. The molecule has 2 aliphatic rings. The van der Waals surface area contributed by atoms with Crippen LogP contribution in [0.25, 0.3) is 22.3 Å². The van der Waals surface area contributed by atoms with Gasteiger partial charge < -0.3 is 25.6 Å². The second-order valence-electron chi connectivity index (χ2n) is 10.7. The smallest absolute Gasteiger partial charge is 0.255 e. The maximum absolute atomic E-state index is 13.4. The van der Waals surface area contributed by atoms with Crippen LogP contribution in [0.1, 0.15) is 27.1 Å². The van der Waals surface area contributed by atoms with E-state index in [0.29, 0.717) is 41.2 Å². The fourth-order valence-electron chi connectivity index (χ4n) is 5.53. The van der Waals surface area contributed by atoms with E-state index in [1.807, 2.05) is 12.1 Å². The zero-order chi connectivity index (χ0) is 29.9. The monoisotopic (exact) mass is 599 g/mol. The molecule has 0 saturated carbocycles. The fourth-order valence-corrected chi connectivity index (χ4v) is 5.80. The van der Waals surface area contributed by atoms with E-state index < -0.39 is 5.82 Å². The number of rotatable bonds is 6. The minimum atomic E-state index is -0.405. The van der Waals surface area contributed by atoms with E-state index in [4.69, 9.17) is 22.1 Å². The zero-order valence-corrected chi connectivity index (χ0v) is 24.2. The lowest BCUT2D eigenvalue weighted by Crippen LogP contribution is -2.38. The first kappa shape index (κ1) is 28.6. The van der Waals surface area contributed by atoms with Gasteiger partial charge in [-0.2, -0.15) is 0 Å². The third-order valence-corrected chi connectivity index (χ3v) is 8.24. The molecule has 8 nitrogen and oxygen atoms in total. The van der Waals surface area contributed by atoms with E-state index in [2.05, 4.69) is 27.3 Å². The van der Waals surface area contributed by atoms with Gasteiger partial charge in [-0.15, -0.1) is 0 Å². The second-order valence-corrected chi connectivity index (χ2v) is 11.1. The van der Waals surface area contributed by atoms with Crippen molar-refractivity contribution in [2.45, 2.75) is 12.5 Å². The van der Waals surface area contributed by atoms with Crippen molar-refractivity contribution in [1.82, 2.24) is 15.2 Å². The molecule has 6 rings (SSSR count). The number of morpholine rings is 1. The second kappa shape index (κ2) is 12.4. The van der Waals surface area contributed by atoms with E-state index in [1.54, 1.807) is 47.5 Å². The zero-order valence-electron chi connectivity index (χ0n) is 23.4. The van der Waals surface area contributed by atoms with Crippen molar-refractivity contribution in [3.63, 3.8) is 0 Å². The topological polar surface area (TPSA) is 101 Å². The van der Waals surface area contributed by atoms with Crippen molar-refractivity contribution in [1.29, 1.82) is 0 Å². The molecule has 1 aromatic heterocycles. The van der Waals surface area contributed by atoms with Crippen LogP contribution in [-0.2, 0) is 4.74 Å². The molecule has 0 bridgehead atoms. The van der Waals surface area contributed by atoms with Gasteiger partial charge in [-0.05, 0) is 66.1 Å². The maximum atomic E-state index is 13.4. The number of hydrogen-bond donors (Lipinski definition) is 2. The van der Waals surface area contributed by atoms with Gasteiger partial charge in [-0.25, -0.2) is 9.37 Å². The Bertz CT molecular complexity index is 1640. The number of carbonyl (C=O) groups is 2. The van der Waals surface area contributed by atoms with Crippen LogP contribution in [0.2, 0.25) is 5.02 Å².